The SMILES string of the molecule is CCN(CC)C(C#N)c1ccc(Cl)cc1Br. The zero-order valence-electron chi connectivity index (χ0n) is 9.37. The molecule has 1 aromatic rings. The van der Waals surface area contributed by atoms with E-state index in [4.69, 9.17) is 11.6 Å². The Morgan fingerprint density at radius 3 is 2.50 bits per heavy atom. The molecule has 1 aromatic carbocycles. The van der Waals surface area contributed by atoms with E-state index in [0.717, 1.165) is 23.1 Å². The summed E-state index contributed by atoms with van der Waals surface area (Å²) < 4.78 is 0.887. The first-order chi connectivity index (χ1) is 7.63. The Kier molecular flexibility index (Phi) is 5.27. The lowest BCUT2D eigenvalue weighted by Crippen LogP contribution is -2.27. The standard InChI is InChI=1S/C12H14BrClN2/c1-3-16(4-2)12(8-15)10-6-5-9(14)7-11(10)13/h5-7,12H,3-4H2,1-2H3. The second-order valence-corrected chi connectivity index (χ2v) is 4.71. The van der Waals surface area contributed by atoms with Crippen LogP contribution in [0.1, 0.15) is 25.5 Å². The van der Waals surface area contributed by atoms with Crippen LogP contribution in [0.2, 0.25) is 5.02 Å². The average Bonchev–Trinajstić information content (AvgIpc) is 2.27. The Morgan fingerprint density at radius 2 is 2.06 bits per heavy atom. The average molecular weight is 302 g/mol. The van der Waals surface area contributed by atoms with Crippen LogP contribution in [0.25, 0.3) is 0 Å². The van der Waals surface area contributed by atoms with Gasteiger partial charge >= 0.3 is 0 Å². The van der Waals surface area contributed by atoms with Crippen molar-refractivity contribution in [3.63, 3.8) is 0 Å². The lowest BCUT2D eigenvalue weighted by molar-refractivity contribution is 0.262. The van der Waals surface area contributed by atoms with Crippen LogP contribution in [0.3, 0.4) is 0 Å². The van der Waals surface area contributed by atoms with Crippen molar-refractivity contribution in [3.8, 4) is 6.07 Å². The summed E-state index contributed by atoms with van der Waals surface area (Å²) in [4.78, 5) is 2.11. The second kappa shape index (κ2) is 6.24. The van der Waals surface area contributed by atoms with E-state index in [0.29, 0.717) is 5.02 Å². The molecule has 0 aliphatic rings. The third-order valence-electron chi connectivity index (χ3n) is 2.56. The number of hydrogen-bond acceptors (Lipinski definition) is 2. The summed E-state index contributed by atoms with van der Waals surface area (Å²) in [6.45, 7) is 5.81. The molecule has 0 heterocycles. The molecule has 0 spiro atoms. The smallest absolute Gasteiger partial charge is 0.124 e. The largest absolute Gasteiger partial charge is 0.285 e. The van der Waals surface area contributed by atoms with Crippen LogP contribution in [0, 0.1) is 11.3 Å². The number of benzene rings is 1. The van der Waals surface area contributed by atoms with Crippen molar-refractivity contribution in [2.45, 2.75) is 19.9 Å². The summed E-state index contributed by atoms with van der Waals surface area (Å²) in [5, 5.41) is 9.93. The van der Waals surface area contributed by atoms with Crippen LogP contribution in [-0.2, 0) is 0 Å². The summed E-state index contributed by atoms with van der Waals surface area (Å²) in [6, 6.07) is 7.65. The predicted octanol–water partition coefficient (Wildman–Crippen LogP) is 4.01. The lowest BCUT2D eigenvalue weighted by Gasteiger charge is -2.25. The third-order valence-corrected chi connectivity index (χ3v) is 3.48. The quantitative estimate of drug-likeness (QED) is 0.840. The number of rotatable bonds is 4. The van der Waals surface area contributed by atoms with Crippen molar-refractivity contribution in [2.75, 3.05) is 13.1 Å². The van der Waals surface area contributed by atoms with E-state index >= 15 is 0 Å². The van der Waals surface area contributed by atoms with Crippen LogP contribution in [-0.4, -0.2) is 18.0 Å². The molecule has 0 aromatic heterocycles. The van der Waals surface area contributed by atoms with Crippen LogP contribution in [0.4, 0.5) is 0 Å². The molecule has 16 heavy (non-hydrogen) atoms. The highest BCUT2D eigenvalue weighted by Crippen LogP contribution is 2.29. The zero-order chi connectivity index (χ0) is 12.1. The molecule has 0 amide bonds. The maximum atomic E-state index is 9.26. The molecule has 0 bridgehead atoms. The molecule has 0 N–H and O–H groups in total. The molecule has 0 saturated carbocycles. The van der Waals surface area contributed by atoms with Crippen molar-refractivity contribution in [1.29, 1.82) is 5.26 Å². The second-order valence-electron chi connectivity index (χ2n) is 3.42. The molecule has 86 valence electrons. The van der Waals surface area contributed by atoms with Gasteiger partial charge in [-0.05, 0) is 30.8 Å². The third kappa shape index (κ3) is 2.98. The fourth-order valence-corrected chi connectivity index (χ4v) is 2.56. The molecule has 1 atom stereocenters. The molecule has 0 aliphatic heterocycles. The first-order valence-corrected chi connectivity index (χ1v) is 6.39. The summed E-state index contributed by atoms with van der Waals surface area (Å²) in [5.41, 5.74) is 0.968. The van der Waals surface area contributed by atoms with E-state index < -0.39 is 0 Å². The number of nitrogens with zero attached hydrogens (tertiary/aromatic N) is 2. The van der Waals surface area contributed by atoms with Gasteiger partial charge in [0.2, 0.25) is 0 Å². The molecule has 0 fully saturated rings. The van der Waals surface area contributed by atoms with Crippen molar-refractivity contribution >= 4 is 27.5 Å². The lowest BCUT2D eigenvalue weighted by atomic mass is 10.1. The topological polar surface area (TPSA) is 27.0 Å². The molecule has 0 radical (unpaired) electrons. The number of nitriles is 1. The molecule has 0 aliphatic carbocycles. The van der Waals surface area contributed by atoms with Gasteiger partial charge in [-0.3, -0.25) is 4.90 Å². The van der Waals surface area contributed by atoms with Gasteiger partial charge in [-0.1, -0.05) is 47.4 Å². The van der Waals surface area contributed by atoms with E-state index in [2.05, 4.69) is 40.7 Å². The normalized spacial score (nSPS) is 12.5. The van der Waals surface area contributed by atoms with Gasteiger partial charge in [0.25, 0.3) is 0 Å². The van der Waals surface area contributed by atoms with E-state index in [1.54, 1.807) is 0 Å². The van der Waals surface area contributed by atoms with Crippen molar-refractivity contribution in [3.05, 3.63) is 33.3 Å². The van der Waals surface area contributed by atoms with Gasteiger partial charge in [0.1, 0.15) is 6.04 Å². The summed E-state index contributed by atoms with van der Waals surface area (Å²) in [5.74, 6) is 0. The first-order valence-electron chi connectivity index (χ1n) is 5.22. The Bertz CT molecular complexity index is 396. The van der Waals surface area contributed by atoms with Gasteiger partial charge in [-0.15, -0.1) is 0 Å². The molecule has 1 rings (SSSR count). The zero-order valence-corrected chi connectivity index (χ0v) is 11.7. The predicted molar refractivity (Wildman–Crippen MR) is 70.4 cm³/mol. The Balaban J connectivity index is 3.09. The Labute approximate surface area is 110 Å². The van der Waals surface area contributed by atoms with Gasteiger partial charge in [0.15, 0.2) is 0 Å². The van der Waals surface area contributed by atoms with Crippen LogP contribution < -0.4 is 0 Å². The minimum atomic E-state index is -0.221. The van der Waals surface area contributed by atoms with Gasteiger partial charge in [0.05, 0.1) is 6.07 Å². The molecular formula is C12H14BrClN2. The van der Waals surface area contributed by atoms with Crippen molar-refractivity contribution in [2.24, 2.45) is 0 Å². The minimum Gasteiger partial charge on any atom is -0.285 e. The van der Waals surface area contributed by atoms with Crippen LogP contribution in [0.15, 0.2) is 22.7 Å². The Hall–Kier alpha value is -0.560. The first kappa shape index (κ1) is 13.5. The van der Waals surface area contributed by atoms with Crippen molar-refractivity contribution in [1.82, 2.24) is 4.90 Å². The molecule has 0 saturated heterocycles. The van der Waals surface area contributed by atoms with Gasteiger partial charge in [-0.25, -0.2) is 0 Å². The highest BCUT2D eigenvalue weighted by molar-refractivity contribution is 9.10. The molecule has 1 unspecified atom stereocenters. The highest BCUT2D eigenvalue weighted by Gasteiger charge is 2.19. The van der Waals surface area contributed by atoms with E-state index in [1.807, 2.05) is 18.2 Å². The van der Waals surface area contributed by atoms with Gasteiger partial charge < -0.3 is 0 Å². The fourth-order valence-electron chi connectivity index (χ4n) is 1.66. The van der Waals surface area contributed by atoms with E-state index in [-0.39, 0.29) is 6.04 Å². The monoisotopic (exact) mass is 300 g/mol. The molecule has 2 nitrogen and oxygen atoms in total. The highest BCUT2D eigenvalue weighted by atomic mass is 79.9. The molecule has 4 heteroatoms. The fraction of sp³-hybridized carbons (Fsp3) is 0.417. The van der Waals surface area contributed by atoms with Crippen LogP contribution in [0.5, 0.6) is 0 Å². The Morgan fingerprint density at radius 1 is 1.44 bits per heavy atom. The van der Waals surface area contributed by atoms with Gasteiger partial charge in [-0.2, -0.15) is 5.26 Å². The maximum Gasteiger partial charge on any atom is 0.124 e. The number of halogens is 2. The minimum absolute atomic E-state index is 0.221. The summed E-state index contributed by atoms with van der Waals surface area (Å²) >= 11 is 9.34. The van der Waals surface area contributed by atoms with E-state index in [1.165, 1.54) is 0 Å². The van der Waals surface area contributed by atoms with Crippen molar-refractivity contribution < 1.29 is 0 Å². The van der Waals surface area contributed by atoms with E-state index in [9.17, 15) is 5.26 Å². The summed E-state index contributed by atoms with van der Waals surface area (Å²) in [6.07, 6.45) is 0. The van der Waals surface area contributed by atoms with Gasteiger partial charge in [0, 0.05) is 9.50 Å². The number of hydrogen-bond donors (Lipinski definition) is 0. The maximum absolute atomic E-state index is 9.26. The molecular weight excluding hydrogens is 288 g/mol. The van der Waals surface area contributed by atoms with Crippen LogP contribution >= 0.6 is 27.5 Å². The summed E-state index contributed by atoms with van der Waals surface area (Å²) in [7, 11) is 0.